The van der Waals surface area contributed by atoms with Crippen molar-refractivity contribution >= 4 is 33.0 Å². The Hall–Kier alpha value is -2.11. The van der Waals surface area contributed by atoms with Crippen molar-refractivity contribution in [2.24, 2.45) is 5.92 Å². The Morgan fingerprint density at radius 3 is 2.70 bits per heavy atom. The summed E-state index contributed by atoms with van der Waals surface area (Å²) < 4.78 is 36.3. The number of rotatable bonds is 9. The number of fused-ring (bicyclic) bond motifs is 1. The average Bonchev–Trinajstić information content (AvgIpc) is 3.17. The molecule has 0 bridgehead atoms. The lowest BCUT2D eigenvalue weighted by atomic mass is 9.97. The van der Waals surface area contributed by atoms with E-state index in [4.69, 9.17) is 9.47 Å². The van der Waals surface area contributed by atoms with E-state index in [1.165, 1.54) is 11.3 Å². The molecule has 1 aliphatic heterocycles. The first-order valence-corrected chi connectivity index (χ1v) is 11.7. The van der Waals surface area contributed by atoms with Gasteiger partial charge in [0.25, 0.3) is 5.19 Å². The molecule has 1 aromatic carbocycles. The molecule has 0 amide bonds. The second kappa shape index (κ2) is 10.3. The molecular weight excluding hydrogens is 424 g/mol. The molecule has 0 radical (unpaired) electrons. The maximum Gasteiger partial charge on any atom is 0.281 e. The van der Waals surface area contributed by atoms with Gasteiger partial charge in [-0.05, 0) is 68.2 Å². The standard InChI is InChI=1S/C20H24N4O4S2/c25-30(26)22-14-15-7-10-24(11-8-15)12-13-27-16-3-5-17(6-4-16)28-20-23-19-18(29-20)2-1-9-21-19/h1-6,9,15,22H,7-8,10-14H2,(H,25,26)/p-1. The van der Waals surface area contributed by atoms with Crippen LogP contribution < -0.4 is 14.2 Å². The first-order chi connectivity index (χ1) is 14.7. The van der Waals surface area contributed by atoms with E-state index in [1.807, 2.05) is 36.4 Å². The Morgan fingerprint density at radius 2 is 1.97 bits per heavy atom. The van der Waals surface area contributed by atoms with Gasteiger partial charge in [-0.1, -0.05) is 11.3 Å². The van der Waals surface area contributed by atoms with E-state index in [0.29, 0.717) is 35.7 Å². The van der Waals surface area contributed by atoms with E-state index < -0.39 is 11.3 Å². The summed E-state index contributed by atoms with van der Waals surface area (Å²) in [6.07, 6.45) is 3.71. The van der Waals surface area contributed by atoms with E-state index in [0.717, 1.165) is 42.9 Å². The minimum absolute atomic E-state index is 0.416. The van der Waals surface area contributed by atoms with Crippen LogP contribution in [0.4, 0.5) is 0 Å². The van der Waals surface area contributed by atoms with Gasteiger partial charge in [-0.2, -0.15) is 4.98 Å². The summed E-state index contributed by atoms with van der Waals surface area (Å²) >= 11 is -0.704. The minimum atomic E-state index is -2.17. The second-order valence-electron chi connectivity index (χ2n) is 7.10. The van der Waals surface area contributed by atoms with Crippen molar-refractivity contribution in [1.82, 2.24) is 19.6 Å². The van der Waals surface area contributed by atoms with E-state index in [-0.39, 0.29) is 0 Å². The van der Waals surface area contributed by atoms with E-state index in [1.54, 1.807) is 6.20 Å². The molecule has 4 rings (SSSR count). The first-order valence-electron chi connectivity index (χ1n) is 9.83. The number of piperidine rings is 1. The second-order valence-corrected chi connectivity index (χ2v) is 8.85. The molecule has 0 spiro atoms. The first kappa shape index (κ1) is 21.1. The zero-order valence-electron chi connectivity index (χ0n) is 16.4. The molecule has 8 nitrogen and oxygen atoms in total. The Labute approximate surface area is 181 Å². The van der Waals surface area contributed by atoms with E-state index >= 15 is 0 Å². The van der Waals surface area contributed by atoms with Gasteiger partial charge in [0.1, 0.15) is 18.1 Å². The zero-order valence-corrected chi connectivity index (χ0v) is 18.0. The Kier molecular flexibility index (Phi) is 7.24. The topological polar surface area (TPSA) is 99.6 Å². The summed E-state index contributed by atoms with van der Waals surface area (Å²) in [7, 11) is 0. The molecule has 1 fully saturated rings. The average molecular weight is 448 g/mol. The van der Waals surface area contributed by atoms with Crippen molar-refractivity contribution in [3.05, 3.63) is 42.6 Å². The molecule has 3 heterocycles. The number of ether oxygens (including phenoxy) is 2. The summed E-state index contributed by atoms with van der Waals surface area (Å²) in [5.74, 6) is 1.92. The predicted octanol–water partition coefficient (Wildman–Crippen LogP) is 2.96. The number of likely N-dealkylation sites (tertiary alicyclic amines) is 1. The number of nitrogens with one attached hydrogen (secondary N) is 1. The van der Waals surface area contributed by atoms with Gasteiger partial charge in [-0.25, -0.2) is 9.71 Å². The number of benzene rings is 1. The zero-order chi connectivity index (χ0) is 20.8. The van der Waals surface area contributed by atoms with Crippen molar-refractivity contribution in [2.45, 2.75) is 12.8 Å². The van der Waals surface area contributed by atoms with Gasteiger partial charge in [0.15, 0.2) is 5.65 Å². The largest absolute Gasteiger partial charge is 0.760 e. The molecule has 1 saturated heterocycles. The molecule has 0 saturated carbocycles. The Bertz CT molecular complexity index is 941. The number of aromatic nitrogens is 2. The summed E-state index contributed by atoms with van der Waals surface area (Å²) in [6, 6.07) is 11.4. The molecule has 1 aliphatic rings. The fourth-order valence-corrected chi connectivity index (χ4v) is 4.56. The molecule has 10 heteroatoms. The molecule has 160 valence electrons. The highest BCUT2D eigenvalue weighted by Gasteiger charge is 2.18. The van der Waals surface area contributed by atoms with Crippen molar-refractivity contribution in [1.29, 1.82) is 0 Å². The highest BCUT2D eigenvalue weighted by atomic mass is 32.2. The van der Waals surface area contributed by atoms with Crippen LogP contribution in [0.5, 0.6) is 16.7 Å². The summed E-state index contributed by atoms with van der Waals surface area (Å²) in [4.78, 5) is 10.9. The van der Waals surface area contributed by atoms with Crippen LogP contribution >= 0.6 is 11.3 Å². The van der Waals surface area contributed by atoms with Crippen molar-refractivity contribution < 1.29 is 18.2 Å². The van der Waals surface area contributed by atoms with Crippen LogP contribution in [0, 0.1) is 5.92 Å². The van der Waals surface area contributed by atoms with Gasteiger partial charge < -0.3 is 14.0 Å². The fraction of sp³-hybridized carbons (Fsp3) is 0.400. The maximum absolute atomic E-state index is 10.6. The van der Waals surface area contributed by atoms with Crippen molar-refractivity contribution in [3.63, 3.8) is 0 Å². The van der Waals surface area contributed by atoms with Gasteiger partial charge in [-0.15, -0.1) is 0 Å². The normalized spacial score (nSPS) is 16.6. The number of hydrogen-bond acceptors (Lipinski definition) is 8. The molecule has 1 atom stereocenters. The predicted molar refractivity (Wildman–Crippen MR) is 116 cm³/mol. The van der Waals surface area contributed by atoms with Crippen LogP contribution in [0.15, 0.2) is 42.6 Å². The third-order valence-corrected chi connectivity index (χ3v) is 6.34. The molecule has 1 N–H and O–H groups in total. The molecule has 0 aliphatic carbocycles. The van der Waals surface area contributed by atoms with Gasteiger partial charge >= 0.3 is 0 Å². The monoisotopic (exact) mass is 447 g/mol. The third kappa shape index (κ3) is 5.96. The van der Waals surface area contributed by atoms with Crippen LogP contribution in [-0.4, -0.2) is 56.4 Å². The van der Waals surface area contributed by atoms with Gasteiger partial charge in [0.05, 0.1) is 4.70 Å². The van der Waals surface area contributed by atoms with Gasteiger partial charge in [0.2, 0.25) is 0 Å². The van der Waals surface area contributed by atoms with Gasteiger partial charge in [0, 0.05) is 30.6 Å². The summed E-state index contributed by atoms with van der Waals surface area (Å²) in [5, 5.41) is 0.567. The lowest BCUT2D eigenvalue weighted by Crippen LogP contribution is -2.39. The third-order valence-electron chi connectivity index (χ3n) is 5.05. The molecular formula is C20H23N4O4S2-. The maximum atomic E-state index is 10.6. The molecule has 3 aromatic rings. The number of hydrogen-bond donors (Lipinski definition) is 1. The minimum Gasteiger partial charge on any atom is -0.760 e. The van der Waals surface area contributed by atoms with Crippen LogP contribution in [0.2, 0.25) is 0 Å². The number of thiazole rings is 1. The van der Waals surface area contributed by atoms with Crippen LogP contribution in [0.3, 0.4) is 0 Å². The Balaban J connectivity index is 1.18. The lowest BCUT2D eigenvalue weighted by molar-refractivity contribution is 0.156. The number of nitrogens with zero attached hydrogens (tertiary/aromatic N) is 3. The van der Waals surface area contributed by atoms with Crippen molar-refractivity contribution in [2.75, 3.05) is 32.8 Å². The Morgan fingerprint density at radius 1 is 1.20 bits per heavy atom. The molecule has 1 unspecified atom stereocenters. The van der Waals surface area contributed by atoms with Gasteiger partial charge in [-0.3, -0.25) is 9.11 Å². The molecule has 30 heavy (non-hydrogen) atoms. The van der Waals surface area contributed by atoms with E-state index in [2.05, 4.69) is 19.6 Å². The SMILES string of the molecule is O=S([O-])NCC1CCN(CCOc2ccc(Oc3nc4ncccc4s3)cc2)CC1. The summed E-state index contributed by atoms with van der Waals surface area (Å²) in [6.45, 7) is 3.92. The van der Waals surface area contributed by atoms with Crippen LogP contribution in [0.25, 0.3) is 10.3 Å². The smallest absolute Gasteiger partial charge is 0.281 e. The van der Waals surface area contributed by atoms with Crippen LogP contribution in [0.1, 0.15) is 12.8 Å². The number of pyridine rings is 1. The van der Waals surface area contributed by atoms with Crippen LogP contribution in [-0.2, 0) is 11.3 Å². The molecule has 2 aromatic heterocycles. The summed E-state index contributed by atoms with van der Waals surface area (Å²) in [5.41, 5.74) is 0.693. The fourth-order valence-electron chi connectivity index (χ4n) is 3.39. The van der Waals surface area contributed by atoms with E-state index in [9.17, 15) is 8.76 Å². The highest BCUT2D eigenvalue weighted by Crippen LogP contribution is 2.30. The lowest BCUT2D eigenvalue weighted by Gasteiger charge is -2.32. The van der Waals surface area contributed by atoms with Crippen molar-refractivity contribution in [3.8, 4) is 16.7 Å². The highest BCUT2D eigenvalue weighted by molar-refractivity contribution is 7.77. The quantitative estimate of drug-likeness (QED) is 0.503.